The van der Waals surface area contributed by atoms with Crippen LogP contribution in [0.15, 0.2) is 218 Å². The van der Waals surface area contributed by atoms with Gasteiger partial charge in [-0.15, -0.1) is 0 Å². The minimum atomic E-state index is -5.53. The van der Waals surface area contributed by atoms with E-state index in [0.717, 1.165) is 35.8 Å². The summed E-state index contributed by atoms with van der Waals surface area (Å²) in [5.41, 5.74) is 11.4. The summed E-state index contributed by atoms with van der Waals surface area (Å²) in [6.45, 7) is 28.8. The zero-order valence-electron chi connectivity index (χ0n) is 48.5. The number of hydrogen-bond donors (Lipinski definition) is 0. The number of rotatable bonds is 6. The van der Waals surface area contributed by atoms with Gasteiger partial charge in [0.05, 0.1) is 0 Å². The van der Waals surface area contributed by atoms with Crippen LogP contribution in [0.4, 0.5) is 26.3 Å². The van der Waals surface area contributed by atoms with Gasteiger partial charge in [0.2, 0.25) is 5.41 Å². The van der Waals surface area contributed by atoms with Gasteiger partial charge in [0.25, 0.3) is 0 Å². The van der Waals surface area contributed by atoms with Crippen LogP contribution in [0.1, 0.15) is 103 Å². The lowest BCUT2D eigenvalue weighted by Gasteiger charge is -2.38. The molecule has 0 N–H and O–H groups in total. The van der Waals surface area contributed by atoms with Crippen LogP contribution in [0.25, 0.3) is 0 Å². The number of halogens is 6. The fraction of sp³-hybridized carbons (Fsp3) is 0.250. The van der Waals surface area contributed by atoms with Gasteiger partial charge in [-0.25, -0.2) is 0 Å². The van der Waals surface area contributed by atoms with Crippen LogP contribution in [0, 0.1) is 83.1 Å². The Morgan fingerprint density at radius 1 is 0.253 bits per heavy atom. The minimum absolute atomic E-state index is 0.0708. The smallest absolute Gasteiger partial charge is 0.411 e. The molecule has 1 nitrogen and oxygen atoms in total. The Labute approximate surface area is 468 Å². The van der Waals surface area contributed by atoms with Crippen LogP contribution in [0.2, 0.25) is 0 Å². The van der Waals surface area contributed by atoms with Crippen LogP contribution < -0.4 is 4.74 Å². The van der Waals surface area contributed by atoms with Crippen LogP contribution in [-0.4, -0.2) is 12.4 Å². The molecule has 79 heavy (non-hydrogen) atoms. The quantitative estimate of drug-likeness (QED) is 0.151. The fourth-order valence-corrected chi connectivity index (χ4v) is 8.15. The maximum absolute atomic E-state index is 13.7. The van der Waals surface area contributed by atoms with E-state index in [2.05, 4.69) is 204 Å². The molecule has 0 bridgehead atoms. The molecule has 0 fully saturated rings. The fourth-order valence-electron chi connectivity index (χ4n) is 8.15. The summed E-state index contributed by atoms with van der Waals surface area (Å²) in [5.74, 6) is 1.76. The first-order chi connectivity index (χ1) is 37.1. The van der Waals surface area contributed by atoms with Crippen LogP contribution in [0.5, 0.6) is 11.5 Å². The average Bonchev–Trinajstić information content (AvgIpc) is 3.46. The van der Waals surface area contributed by atoms with Gasteiger partial charge in [-0.1, -0.05) is 264 Å². The van der Waals surface area contributed by atoms with Crippen molar-refractivity contribution in [3.8, 4) is 11.5 Å². The molecule has 0 amide bonds. The normalized spacial score (nSPS) is 11.0. The zero-order chi connectivity index (χ0) is 58.6. The number of benzene rings is 9. The third kappa shape index (κ3) is 19.6. The minimum Gasteiger partial charge on any atom is -0.457 e. The van der Waals surface area contributed by atoms with E-state index in [4.69, 9.17) is 4.74 Å². The molecular formula is C72H78F6O. The Bertz CT molecular complexity index is 2970. The van der Waals surface area contributed by atoms with Crippen molar-refractivity contribution in [3.05, 3.63) is 307 Å². The molecule has 9 aromatic carbocycles. The molecule has 0 aromatic heterocycles. The van der Waals surface area contributed by atoms with Crippen molar-refractivity contribution in [2.75, 3.05) is 0 Å². The predicted octanol–water partition coefficient (Wildman–Crippen LogP) is 21.3. The van der Waals surface area contributed by atoms with Crippen molar-refractivity contribution in [1.82, 2.24) is 0 Å². The summed E-state index contributed by atoms with van der Waals surface area (Å²) in [6.07, 6.45) is -11.1. The van der Waals surface area contributed by atoms with Gasteiger partial charge >= 0.3 is 12.4 Å². The Morgan fingerprint density at radius 2 is 0.481 bits per heavy atom. The van der Waals surface area contributed by atoms with Gasteiger partial charge in [0.15, 0.2) is 0 Å². The molecule has 0 aliphatic carbocycles. The van der Waals surface area contributed by atoms with Crippen molar-refractivity contribution in [3.63, 3.8) is 0 Å². The van der Waals surface area contributed by atoms with Gasteiger partial charge in [-0.2, -0.15) is 26.3 Å². The van der Waals surface area contributed by atoms with E-state index in [-0.39, 0.29) is 5.41 Å². The van der Waals surface area contributed by atoms with Crippen molar-refractivity contribution in [2.24, 2.45) is 0 Å². The largest absolute Gasteiger partial charge is 0.457 e. The average molecular weight is 1070 g/mol. The zero-order valence-corrected chi connectivity index (χ0v) is 48.5. The lowest BCUT2D eigenvalue weighted by atomic mass is 9.72. The van der Waals surface area contributed by atoms with Crippen molar-refractivity contribution < 1.29 is 31.1 Å². The van der Waals surface area contributed by atoms with Gasteiger partial charge in [-0.3, -0.25) is 0 Å². The van der Waals surface area contributed by atoms with Gasteiger partial charge in [-0.05, 0) is 141 Å². The first kappa shape index (κ1) is 63.9. The molecule has 0 spiro atoms. The number of ether oxygens (including phenoxy) is 1. The highest BCUT2D eigenvalue weighted by molar-refractivity contribution is 5.46. The summed E-state index contributed by atoms with van der Waals surface area (Å²) >= 11 is 0. The predicted molar refractivity (Wildman–Crippen MR) is 320 cm³/mol. The molecule has 0 aliphatic rings. The molecule has 0 radical (unpaired) electrons. The second kappa shape index (κ2) is 29.4. The maximum atomic E-state index is 13.7. The Kier molecular flexibility index (Phi) is 23.7. The molecule has 0 saturated carbocycles. The van der Waals surface area contributed by atoms with Crippen LogP contribution in [-0.2, 0) is 10.8 Å². The first-order valence-electron chi connectivity index (χ1n) is 26.4. The first-order valence-corrected chi connectivity index (χ1v) is 26.4. The van der Waals surface area contributed by atoms with Crippen LogP contribution in [0.3, 0.4) is 0 Å². The molecule has 7 heteroatoms. The van der Waals surface area contributed by atoms with Gasteiger partial charge in [0.1, 0.15) is 11.5 Å². The monoisotopic (exact) mass is 1070 g/mol. The van der Waals surface area contributed by atoms with Crippen molar-refractivity contribution in [2.45, 2.75) is 120 Å². The van der Waals surface area contributed by atoms with E-state index < -0.39 is 28.9 Å². The maximum Gasteiger partial charge on any atom is 0.411 e. The topological polar surface area (TPSA) is 9.23 Å². The van der Waals surface area contributed by atoms with E-state index in [1.54, 1.807) is 13.8 Å². The molecule has 0 aliphatic heterocycles. The van der Waals surface area contributed by atoms with E-state index in [1.807, 2.05) is 48.5 Å². The molecule has 9 aromatic rings. The SMILES string of the molecule is Cc1ccc(C(C)(C)c2ccc(C)cc2)cc1.Cc1ccc(C(c2ccc(C)cc2)(C(F)(F)F)C(F)(F)F)cc1.Cc1ccc(C)cc1.Cc1ccc(Oc2ccc(C)cc2)cc1.Cc1cccc(C)c1.Cc1ccccc1C. The van der Waals surface area contributed by atoms with Gasteiger partial charge < -0.3 is 4.74 Å². The summed E-state index contributed by atoms with van der Waals surface area (Å²) in [6, 6.07) is 67.6. The second-order valence-electron chi connectivity index (χ2n) is 21.0. The van der Waals surface area contributed by atoms with Gasteiger partial charge in [0, 0.05) is 5.41 Å². The van der Waals surface area contributed by atoms with Crippen molar-refractivity contribution >= 4 is 0 Å². The summed E-state index contributed by atoms with van der Waals surface area (Å²) < 4.78 is 88.0. The summed E-state index contributed by atoms with van der Waals surface area (Å²) in [5, 5.41) is 0. The highest BCUT2D eigenvalue weighted by atomic mass is 19.4. The molecule has 0 unspecified atom stereocenters. The summed E-state index contributed by atoms with van der Waals surface area (Å²) in [4.78, 5) is 0. The van der Waals surface area contributed by atoms with Crippen molar-refractivity contribution in [1.29, 1.82) is 0 Å². The lowest BCUT2D eigenvalue weighted by molar-refractivity contribution is -0.288. The molecule has 0 saturated heterocycles. The molecule has 9 rings (SSSR count). The van der Waals surface area contributed by atoms with Crippen LogP contribution >= 0.6 is 0 Å². The molecule has 0 heterocycles. The lowest BCUT2D eigenvalue weighted by Crippen LogP contribution is -2.54. The van der Waals surface area contributed by atoms with E-state index in [1.165, 1.54) is 91.0 Å². The highest BCUT2D eigenvalue weighted by Gasteiger charge is 2.72. The number of alkyl halides is 6. The number of hydrogen-bond acceptors (Lipinski definition) is 1. The highest BCUT2D eigenvalue weighted by Crippen LogP contribution is 2.56. The van der Waals surface area contributed by atoms with E-state index in [9.17, 15) is 26.3 Å². The third-order valence-electron chi connectivity index (χ3n) is 13.5. The standard InChI is InChI=1S/C17H14F6.C17H20.C14H14O.3C8H10/c1-11-3-7-13(8-4-11)15(16(18,19)20,17(21,22)23)14-9-5-12(2)6-10-14;1-13-5-9-15(10-6-13)17(3,4)16-11-7-14(2)8-12-16;1-11-3-7-13(8-4-11)15-14-9-5-12(2)6-10-14;1-7-3-5-8(2)6-4-7;1-7-4-3-5-8(2)6-7;1-7-5-3-4-6-8(7)2/h3-10H,1-2H3;5-12H,1-4H3;3-10H,1-2H3;3*3-6H,1-2H3. The third-order valence-corrected chi connectivity index (χ3v) is 13.5. The molecule has 0 atom stereocenters. The summed E-state index contributed by atoms with van der Waals surface area (Å²) in [7, 11) is 0. The Hall–Kier alpha value is -7.64. The molecule has 414 valence electrons. The molecular weight excluding hydrogens is 995 g/mol. The Morgan fingerprint density at radius 3 is 0.696 bits per heavy atom. The van der Waals surface area contributed by atoms with E-state index in [0.29, 0.717) is 11.1 Å². The number of aryl methyl sites for hydroxylation is 12. The second-order valence-corrected chi connectivity index (χ2v) is 21.0. The Balaban J connectivity index is 0.000000214. The van der Waals surface area contributed by atoms with E-state index >= 15 is 0 Å².